The molecule has 1 N–H and O–H groups in total. The number of hydrogen-bond acceptors (Lipinski definition) is 7. The van der Waals surface area contributed by atoms with Crippen LogP contribution in [0.3, 0.4) is 0 Å². The number of β-amino-alcohol motifs (C(OH)–C–C–N with tert-alkyl or cyclic N) is 1. The van der Waals surface area contributed by atoms with E-state index in [1.165, 1.54) is 6.20 Å². The summed E-state index contributed by atoms with van der Waals surface area (Å²) in [6, 6.07) is 0.0885. The Labute approximate surface area is 150 Å². The highest BCUT2D eigenvalue weighted by molar-refractivity contribution is 6.30. The molecule has 1 saturated heterocycles. The Bertz CT molecular complexity index is 761. The molecule has 0 aliphatic carbocycles. The van der Waals surface area contributed by atoms with Crippen LogP contribution in [0.5, 0.6) is 6.01 Å². The van der Waals surface area contributed by atoms with Crippen LogP contribution in [0.1, 0.15) is 12.8 Å². The van der Waals surface area contributed by atoms with E-state index in [0.29, 0.717) is 37.4 Å². The number of anilines is 1. The third-order valence-corrected chi connectivity index (χ3v) is 4.33. The summed E-state index contributed by atoms with van der Waals surface area (Å²) in [7, 11) is 3.85. The summed E-state index contributed by atoms with van der Waals surface area (Å²) in [5.41, 5.74) is 0.0740. The topological polar surface area (TPSA) is 74.6 Å². The predicted molar refractivity (Wildman–Crippen MR) is 93.8 cm³/mol. The Hall–Kier alpha value is -1.77. The zero-order chi connectivity index (χ0) is 18.0. The Balaban J connectivity index is 2.01. The molecule has 1 fully saturated rings. The van der Waals surface area contributed by atoms with Crippen molar-refractivity contribution < 1.29 is 14.2 Å². The van der Waals surface area contributed by atoms with Gasteiger partial charge >= 0.3 is 6.01 Å². The van der Waals surface area contributed by atoms with E-state index < -0.39 is 11.9 Å². The molecular formula is C16H21ClFN5O2. The Morgan fingerprint density at radius 2 is 2.24 bits per heavy atom. The van der Waals surface area contributed by atoms with Crippen LogP contribution < -0.4 is 9.64 Å². The largest absolute Gasteiger partial charge is 0.462 e. The molecule has 1 unspecified atom stereocenters. The van der Waals surface area contributed by atoms with Crippen molar-refractivity contribution in [2.45, 2.75) is 18.9 Å². The molecule has 3 rings (SSSR count). The molecule has 3 heterocycles. The molecule has 1 aliphatic rings. The number of nitrogens with zero attached hydrogens (tertiary/aromatic N) is 5. The Morgan fingerprint density at radius 3 is 2.96 bits per heavy atom. The molecule has 25 heavy (non-hydrogen) atoms. The van der Waals surface area contributed by atoms with E-state index in [1.54, 1.807) is 0 Å². The van der Waals surface area contributed by atoms with Gasteiger partial charge < -0.3 is 19.6 Å². The van der Waals surface area contributed by atoms with E-state index in [2.05, 4.69) is 15.0 Å². The lowest BCUT2D eigenvalue weighted by Gasteiger charge is -2.31. The molecule has 136 valence electrons. The number of halogens is 2. The van der Waals surface area contributed by atoms with E-state index in [9.17, 15) is 9.50 Å². The summed E-state index contributed by atoms with van der Waals surface area (Å²) in [5, 5.41) is 10.2. The first-order chi connectivity index (χ1) is 12.0. The number of pyridine rings is 1. The zero-order valence-corrected chi connectivity index (χ0v) is 15.0. The molecule has 1 aliphatic heterocycles. The Morgan fingerprint density at radius 1 is 1.44 bits per heavy atom. The molecule has 7 nitrogen and oxygen atoms in total. The molecular weight excluding hydrogens is 349 g/mol. The van der Waals surface area contributed by atoms with E-state index in [0.717, 1.165) is 12.8 Å². The van der Waals surface area contributed by atoms with Gasteiger partial charge in [-0.05, 0) is 26.9 Å². The maximum atomic E-state index is 14.4. The lowest BCUT2D eigenvalue weighted by atomic mass is 10.1. The fraction of sp³-hybridized carbons (Fsp3) is 0.562. The van der Waals surface area contributed by atoms with Gasteiger partial charge in [-0.25, -0.2) is 9.37 Å². The molecule has 0 spiro atoms. The maximum Gasteiger partial charge on any atom is 0.319 e. The number of aromatic nitrogens is 3. The van der Waals surface area contributed by atoms with E-state index in [-0.39, 0.29) is 16.7 Å². The second-order valence-corrected chi connectivity index (χ2v) is 6.71. The zero-order valence-electron chi connectivity index (χ0n) is 14.2. The lowest BCUT2D eigenvalue weighted by molar-refractivity contribution is 0.154. The van der Waals surface area contributed by atoms with Crippen molar-refractivity contribution in [3.8, 4) is 6.01 Å². The van der Waals surface area contributed by atoms with E-state index in [1.807, 2.05) is 23.9 Å². The molecule has 1 atom stereocenters. The first kappa shape index (κ1) is 18.0. The van der Waals surface area contributed by atoms with Crippen molar-refractivity contribution in [3.05, 3.63) is 17.2 Å². The van der Waals surface area contributed by atoms with Gasteiger partial charge in [0.1, 0.15) is 17.9 Å². The Kier molecular flexibility index (Phi) is 5.51. The normalized spacial score (nSPS) is 18.2. The quantitative estimate of drug-likeness (QED) is 0.804. The molecule has 0 radical (unpaired) electrons. The van der Waals surface area contributed by atoms with Crippen LogP contribution in [0.2, 0.25) is 5.15 Å². The van der Waals surface area contributed by atoms with Crippen LogP contribution in [0, 0.1) is 5.82 Å². The third-order valence-electron chi connectivity index (χ3n) is 4.07. The van der Waals surface area contributed by atoms with Crippen molar-refractivity contribution in [2.75, 3.05) is 45.2 Å². The van der Waals surface area contributed by atoms with Gasteiger partial charge in [-0.15, -0.1) is 0 Å². The van der Waals surface area contributed by atoms with Crippen LogP contribution in [0.15, 0.2) is 6.20 Å². The molecule has 2 aromatic rings. The molecule has 2 aromatic heterocycles. The summed E-state index contributed by atoms with van der Waals surface area (Å²) >= 11 is 5.80. The van der Waals surface area contributed by atoms with Crippen LogP contribution in [-0.2, 0) is 0 Å². The fourth-order valence-corrected chi connectivity index (χ4v) is 2.91. The first-order valence-electron chi connectivity index (χ1n) is 8.18. The van der Waals surface area contributed by atoms with Crippen LogP contribution in [0.4, 0.5) is 10.2 Å². The fourth-order valence-electron chi connectivity index (χ4n) is 2.77. The number of aliphatic hydroxyl groups is 1. The number of rotatable bonds is 5. The SMILES string of the molecule is CN(C)CCOc1nc(N2CCCC(O)C2)c2cnc(Cl)c(F)c2n1. The number of likely N-dealkylation sites (N-methyl/N-ethyl adjacent to an activating group) is 1. The van der Waals surface area contributed by atoms with Crippen molar-refractivity contribution >= 4 is 28.3 Å². The second-order valence-electron chi connectivity index (χ2n) is 6.35. The summed E-state index contributed by atoms with van der Waals surface area (Å²) in [5.74, 6) is -0.190. The van der Waals surface area contributed by atoms with Gasteiger partial charge in [0.05, 0.1) is 11.5 Å². The molecule has 0 bridgehead atoms. The molecule has 9 heteroatoms. The standard InChI is InChI=1S/C16H21ClFN5O2/c1-22(2)6-7-25-16-20-13-11(8-19-14(17)12(13)18)15(21-16)23-5-3-4-10(24)9-23/h8,10,24H,3-7,9H2,1-2H3. The second kappa shape index (κ2) is 7.63. The summed E-state index contributed by atoms with van der Waals surface area (Å²) < 4.78 is 20.0. The monoisotopic (exact) mass is 369 g/mol. The van der Waals surface area contributed by atoms with Crippen LogP contribution in [0.25, 0.3) is 10.9 Å². The van der Waals surface area contributed by atoms with Crippen LogP contribution in [-0.4, -0.2) is 71.4 Å². The summed E-state index contributed by atoms with van der Waals surface area (Å²) in [4.78, 5) is 16.3. The third kappa shape index (κ3) is 4.08. The van der Waals surface area contributed by atoms with Crippen molar-refractivity contribution in [1.29, 1.82) is 0 Å². The van der Waals surface area contributed by atoms with Crippen molar-refractivity contribution in [3.63, 3.8) is 0 Å². The van der Waals surface area contributed by atoms with Gasteiger partial charge in [-0.2, -0.15) is 9.97 Å². The number of hydrogen-bond donors (Lipinski definition) is 1. The summed E-state index contributed by atoms with van der Waals surface area (Å²) in [6.07, 6.45) is 2.58. The number of ether oxygens (including phenoxy) is 1. The number of aliphatic hydroxyl groups excluding tert-OH is 1. The maximum absolute atomic E-state index is 14.4. The molecule has 0 saturated carbocycles. The average Bonchev–Trinajstić information content (AvgIpc) is 2.57. The van der Waals surface area contributed by atoms with Gasteiger partial charge in [0.25, 0.3) is 0 Å². The summed E-state index contributed by atoms with van der Waals surface area (Å²) in [6.45, 7) is 2.19. The molecule has 0 aromatic carbocycles. The van der Waals surface area contributed by atoms with Crippen LogP contribution >= 0.6 is 11.6 Å². The van der Waals surface area contributed by atoms with Gasteiger partial charge in [0.15, 0.2) is 11.0 Å². The van der Waals surface area contributed by atoms with Gasteiger partial charge in [-0.1, -0.05) is 11.6 Å². The minimum absolute atomic E-state index is 0.0740. The first-order valence-corrected chi connectivity index (χ1v) is 8.56. The smallest absolute Gasteiger partial charge is 0.319 e. The predicted octanol–water partition coefficient (Wildman–Crippen LogP) is 1.72. The highest BCUT2D eigenvalue weighted by Gasteiger charge is 2.24. The number of fused-ring (bicyclic) bond motifs is 1. The van der Waals surface area contributed by atoms with E-state index >= 15 is 0 Å². The van der Waals surface area contributed by atoms with Gasteiger partial charge in [0, 0.05) is 25.8 Å². The number of piperidine rings is 1. The minimum atomic E-state index is -0.696. The van der Waals surface area contributed by atoms with Crippen molar-refractivity contribution in [2.24, 2.45) is 0 Å². The average molecular weight is 370 g/mol. The lowest BCUT2D eigenvalue weighted by Crippen LogP contribution is -2.39. The van der Waals surface area contributed by atoms with Gasteiger partial charge in [-0.3, -0.25) is 0 Å². The highest BCUT2D eigenvalue weighted by Crippen LogP contribution is 2.31. The minimum Gasteiger partial charge on any atom is -0.462 e. The van der Waals surface area contributed by atoms with Gasteiger partial charge in [0.2, 0.25) is 0 Å². The van der Waals surface area contributed by atoms with Crippen molar-refractivity contribution in [1.82, 2.24) is 19.9 Å². The highest BCUT2D eigenvalue weighted by atomic mass is 35.5. The van der Waals surface area contributed by atoms with E-state index in [4.69, 9.17) is 16.3 Å². The molecule has 0 amide bonds.